The van der Waals surface area contributed by atoms with E-state index >= 15 is 0 Å². The molecular formula is C27H19ClN2O2S2. The van der Waals surface area contributed by atoms with Crippen molar-refractivity contribution in [2.75, 3.05) is 5.75 Å². The number of Topliss-reactive ketones (excluding diaryl/α,β-unsaturated/α-hetero) is 1. The fourth-order valence-electron chi connectivity index (χ4n) is 4.52. The summed E-state index contributed by atoms with van der Waals surface area (Å²) >= 11 is 9.00. The van der Waals surface area contributed by atoms with E-state index in [9.17, 15) is 9.59 Å². The Hall–Kier alpha value is -2.93. The lowest BCUT2D eigenvalue weighted by Gasteiger charge is -2.12. The van der Waals surface area contributed by atoms with E-state index in [4.69, 9.17) is 16.6 Å². The fourth-order valence-corrected chi connectivity index (χ4v) is 6.85. The van der Waals surface area contributed by atoms with E-state index in [-0.39, 0.29) is 17.1 Å². The molecule has 168 valence electrons. The van der Waals surface area contributed by atoms with E-state index in [2.05, 4.69) is 0 Å². The van der Waals surface area contributed by atoms with Crippen LogP contribution in [0.15, 0.2) is 76.7 Å². The van der Waals surface area contributed by atoms with Gasteiger partial charge in [-0.05, 0) is 65.9 Å². The first-order valence-electron chi connectivity index (χ1n) is 11.1. The zero-order chi connectivity index (χ0) is 23.2. The molecule has 34 heavy (non-hydrogen) atoms. The summed E-state index contributed by atoms with van der Waals surface area (Å²) in [5.74, 6) is 0.191. The van der Waals surface area contributed by atoms with Crippen LogP contribution in [0.1, 0.15) is 27.2 Å². The first-order valence-corrected chi connectivity index (χ1v) is 13.2. The van der Waals surface area contributed by atoms with E-state index < -0.39 is 0 Å². The second kappa shape index (κ2) is 8.69. The van der Waals surface area contributed by atoms with E-state index in [0.29, 0.717) is 21.4 Å². The normalized spacial score (nSPS) is 13.0. The Labute approximate surface area is 209 Å². The second-order valence-electron chi connectivity index (χ2n) is 8.32. The number of aryl methyl sites for hydroxylation is 2. The minimum absolute atomic E-state index is 0.00132. The van der Waals surface area contributed by atoms with Gasteiger partial charge in [-0.3, -0.25) is 14.2 Å². The van der Waals surface area contributed by atoms with E-state index in [0.717, 1.165) is 45.8 Å². The molecule has 5 aromatic rings. The molecule has 0 saturated heterocycles. The van der Waals surface area contributed by atoms with Crippen molar-refractivity contribution in [3.05, 3.63) is 98.1 Å². The highest BCUT2D eigenvalue weighted by Gasteiger charge is 2.24. The van der Waals surface area contributed by atoms with Crippen molar-refractivity contribution in [2.45, 2.75) is 24.4 Å². The van der Waals surface area contributed by atoms with Crippen LogP contribution in [-0.2, 0) is 12.8 Å². The molecule has 7 heteroatoms. The van der Waals surface area contributed by atoms with Crippen molar-refractivity contribution in [3.8, 4) is 5.69 Å². The Morgan fingerprint density at radius 2 is 1.82 bits per heavy atom. The van der Waals surface area contributed by atoms with Gasteiger partial charge in [0.25, 0.3) is 5.56 Å². The molecule has 0 aliphatic heterocycles. The average Bonchev–Trinajstić information content (AvgIpc) is 3.44. The molecule has 4 nitrogen and oxygen atoms in total. The monoisotopic (exact) mass is 502 g/mol. The Kier molecular flexibility index (Phi) is 5.52. The highest BCUT2D eigenvalue weighted by molar-refractivity contribution is 7.99. The number of thioether (sulfide) groups is 1. The molecule has 2 aromatic heterocycles. The van der Waals surface area contributed by atoms with Gasteiger partial charge in [-0.2, -0.15) is 0 Å². The average molecular weight is 503 g/mol. The number of benzene rings is 3. The highest BCUT2D eigenvalue weighted by atomic mass is 35.5. The van der Waals surface area contributed by atoms with Crippen LogP contribution in [0.3, 0.4) is 0 Å². The molecule has 0 atom stereocenters. The second-order valence-corrected chi connectivity index (χ2v) is 10.8. The SMILES string of the molecule is O=C(CSc1nc2sc3c(c2c(=O)n1-c1ccc(Cl)cc1)CCC3)c1ccc2ccccc2c1. The van der Waals surface area contributed by atoms with Gasteiger partial charge in [-0.25, -0.2) is 4.98 Å². The number of nitrogens with zero attached hydrogens (tertiary/aromatic N) is 2. The quantitative estimate of drug-likeness (QED) is 0.152. The lowest BCUT2D eigenvalue weighted by Crippen LogP contribution is -2.22. The number of aromatic nitrogens is 2. The van der Waals surface area contributed by atoms with Gasteiger partial charge in [0.1, 0.15) is 4.83 Å². The summed E-state index contributed by atoms with van der Waals surface area (Å²) in [6.45, 7) is 0. The number of hydrogen-bond acceptors (Lipinski definition) is 5. The first-order chi connectivity index (χ1) is 16.6. The third-order valence-corrected chi connectivity index (χ3v) is 8.57. The summed E-state index contributed by atoms with van der Waals surface area (Å²) in [6.07, 6.45) is 2.99. The first kappa shape index (κ1) is 21.6. The van der Waals surface area contributed by atoms with Crippen LogP contribution >= 0.6 is 34.7 Å². The van der Waals surface area contributed by atoms with Gasteiger partial charge in [-0.1, -0.05) is 59.8 Å². The largest absolute Gasteiger partial charge is 0.293 e. The smallest absolute Gasteiger partial charge is 0.267 e. The van der Waals surface area contributed by atoms with Crippen molar-refractivity contribution in [2.24, 2.45) is 0 Å². The lowest BCUT2D eigenvalue weighted by atomic mass is 10.1. The van der Waals surface area contributed by atoms with Crippen LogP contribution in [0.5, 0.6) is 0 Å². The van der Waals surface area contributed by atoms with Crippen LogP contribution in [0.4, 0.5) is 0 Å². The summed E-state index contributed by atoms with van der Waals surface area (Å²) in [7, 11) is 0. The third-order valence-electron chi connectivity index (χ3n) is 6.20. The van der Waals surface area contributed by atoms with Crippen molar-refractivity contribution in [1.29, 1.82) is 0 Å². The summed E-state index contributed by atoms with van der Waals surface area (Å²) < 4.78 is 1.63. The zero-order valence-corrected chi connectivity index (χ0v) is 20.5. The molecule has 0 amide bonds. The minimum atomic E-state index is -0.0765. The Balaban J connectivity index is 1.40. The minimum Gasteiger partial charge on any atom is -0.293 e. The fraction of sp³-hybridized carbons (Fsp3) is 0.148. The van der Waals surface area contributed by atoms with Crippen LogP contribution in [0, 0.1) is 0 Å². The van der Waals surface area contributed by atoms with Crippen LogP contribution in [-0.4, -0.2) is 21.1 Å². The molecule has 0 radical (unpaired) electrons. The van der Waals surface area contributed by atoms with E-state index in [1.165, 1.54) is 16.6 Å². The molecule has 0 spiro atoms. The van der Waals surface area contributed by atoms with Crippen molar-refractivity contribution >= 4 is 61.5 Å². The Bertz CT molecular complexity index is 1640. The van der Waals surface area contributed by atoms with Gasteiger partial charge in [0.05, 0.1) is 16.8 Å². The van der Waals surface area contributed by atoms with Crippen LogP contribution in [0.2, 0.25) is 5.02 Å². The Morgan fingerprint density at radius 3 is 2.65 bits per heavy atom. The van der Waals surface area contributed by atoms with Gasteiger partial charge in [0.2, 0.25) is 0 Å². The molecule has 1 aliphatic rings. The number of rotatable bonds is 5. The van der Waals surface area contributed by atoms with Gasteiger partial charge in [0, 0.05) is 15.5 Å². The molecule has 0 N–H and O–H groups in total. The van der Waals surface area contributed by atoms with Crippen LogP contribution < -0.4 is 5.56 Å². The number of carbonyl (C=O) groups is 1. The highest BCUT2D eigenvalue weighted by Crippen LogP contribution is 2.36. The van der Waals surface area contributed by atoms with Crippen molar-refractivity contribution in [1.82, 2.24) is 9.55 Å². The van der Waals surface area contributed by atoms with Gasteiger partial charge in [-0.15, -0.1) is 11.3 Å². The zero-order valence-electron chi connectivity index (χ0n) is 18.1. The molecule has 0 unspecified atom stereocenters. The molecular weight excluding hydrogens is 484 g/mol. The molecule has 2 heterocycles. The summed E-state index contributed by atoms with van der Waals surface area (Å²) in [6, 6.07) is 20.9. The number of halogens is 1. The maximum atomic E-state index is 13.7. The van der Waals surface area contributed by atoms with E-state index in [1.54, 1.807) is 28.0 Å². The van der Waals surface area contributed by atoms with Gasteiger partial charge < -0.3 is 0 Å². The summed E-state index contributed by atoms with van der Waals surface area (Å²) in [5, 5.41) is 3.97. The topological polar surface area (TPSA) is 52.0 Å². The van der Waals surface area contributed by atoms with Crippen molar-refractivity contribution in [3.63, 3.8) is 0 Å². The van der Waals surface area contributed by atoms with E-state index in [1.807, 2.05) is 54.6 Å². The molecule has 0 fully saturated rings. The van der Waals surface area contributed by atoms with Crippen LogP contribution in [0.25, 0.3) is 26.7 Å². The molecule has 3 aromatic carbocycles. The molecule has 6 rings (SSSR count). The molecule has 0 saturated carbocycles. The number of thiophene rings is 1. The number of fused-ring (bicyclic) bond motifs is 4. The summed E-state index contributed by atoms with van der Waals surface area (Å²) in [5.41, 5.74) is 2.42. The van der Waals surface area contributed by atoms with Crippen molar-refractivity contribution < 1.29 is 4.79 Å². The van der Waals surface area contributed by atoms with Gasteiger partial charge in [0.15, 0.2) is 10.9 Å². The third kappa shape index (κ3) is 3.76. The lowest BCUT2D eigenvalue weighted by molar-refractivity contribution is 0.102. The molecule has 1 aliphatic carbocycles. The number of ketones is 1. The maximum absolute atomic E-state index is 13.7. The number of carbonyl (C=O) groups excluding carboxylic acids is 1. The van der Waals surface area contributed by atoms with Gasteiger partial charge >= 0.3 is 0 Å². The molecule has 0 bridgehead atoms. The standard InChI is InChI=1S/C27H19ClN2O2S2/c28-19-10-12-20(13-11-19)30-26(32)24-21-6-3-7-23(21)34-25(24)29-27(30)33-15-22(31)18-9-8-16-4-1-2-5-17(16)14-18/h1-2,4-5,8-14H,3,6-7,15H2. The Morgan fingerprint density at radius 1 is 1.03 bits per heavy atom. The predicted molar refractivity (Wildman–Crippen MR) is 141 cm³/mol. The predicted octanol–water partition coefficient (Wildman–Crippen LogP) is 6.72. The number of hydrogen-bond donors (Lipinski definition) is 0. The summed E-state index contributed by atoms with van der Waals surface area (Å²) in [4.78, 5) is 33.7. The maximum Gasteiger partial charge on any atom is 0.267 e.